The van der Waals surface area contributed by atoms with Crippen molar-refractivity contribution in [3.63, 3.8) is 0 Å². The van der Waals surface area contributed by atoms with Crippen LogP contribution in [0.3, 0.4) is 0 Å². The van der Waals surface area contributed by atoms with E-state index in [0.717, 1.165) is 0 Å². The summed E-state index contributed by atoms with van der Waals surface area (Å²) in [6, 6.07) is 0. The second-order valence-corrected chi connectivity index (χ2v) is 4.19. The van der Waals surface area contributed by atoms with Crippen molar-refractivity contribution in [1.29, 1.82) is 0 Å². The molecule has 2 fully saturated rings. The number of rotatable bonds is 0. The quantitative estimate of drug-likeness (QED) is 0.426. The van der Waals surface area contributed by atoms with E-state index < -0.39 is 22.8 Å². The summed E-state index contributed by atoms with van der Waals surface area (Å²) in [6.07, 6.45) is 1.02. The minimum Gasteiger partial charge on any atom is -0.370 e. The average molecular weight is 198 g/mol. The Morgan fingerprint density at radius 2 is 1.86 bits per heavy atom. The summed E-state index contributed by atoms with van der Waals surface area (Å²) in [5.41, 5.74) is -2.29. The molecule has 0 aromatic heterocycles. The monoisotopic (exact) mass is 198 g/mol. The topological polar surface area (TPSA) is 78.4 Å². The van der Waals surface area contributed by atoms with Gasteiger partial charge in [0.1, 0.15) is 5.72 Å². The van der Waals surface area contributed by atoms with Crippen molar-refractivity contribution in [2.24, 2.45) is 5.41 Å². The lowest BCUT2D eigenvalue weighted by Crippen LogP contribution is -2.55. The number of Topliss-reactive ketones (excluding diaryl/α,β-unsaturated/α-hetero) is 1. The zero-order valence-corrected chi connectivity index (χ0v) is 8.09. The molecule has 14 heavy (non-hydrogen) atoms. The van der Waals surface area contributed by atoms with Crippen molar-refractivity contribution in [3.05, 3.63) is 0 Å². The van der Waals surface area contributed by atoms with Crippen LogP contribution in [0.25, 0.3) is 0 Å². The summed E-state index contributed by atoms with van der Waals surface area (Å²) < 4.78 is 0. The van der Waals surface area contributed by atoms with Crippen molar-refractivity contribution in [3.8, 4) is 0 Å². The van der Waals surface area contributed by atoms with Crippen LogP contribution in [0.1, 0.15) is 19.8 Å². The first-order valence-electron chi connectivity index (χ1n) is 4.80. The molecule has 2 aliphatic rings. The molecule has 0 aromatic carbocycles. The molecular formula is C9H14N2O3. The first-order chi connectivity index (χ1) is 6.50. The van der Waals surface area contributed by atoms with Gasteiger partial charge < -0.3 is 15.7 Å². The van der Waals surface area contributed by atoms with Gasteiger partial charge in [0.2, 0.25) is 5.78 Å². The normalized spacial score (nSPS) is 36.1. The molecule has 1 unspecified atom stereocenters. The second-order valence-electron chi connectivity index (χ2n) is 4.19. The number of ketones is 1. The van der Waals surface area contributed by atoms with E-state index in [4.69, 9.17) is 0 Å². The van der Waals surface area contributed by atoms with Crippen LogP contribution in [0.2, 0.25) is 0 Å². The number of aliphatic hydroxyl groups is 1. The van der Waals surface area contributed by atoms with Crippen LogP contribution >= 0.6 is 0 Å². The highest BCUT2D eigenvalue weighted by molar-refractivity contribution is 6.40. The van der Waals surface area contributed by atoms with E-state index in [1.165, 1.54) is 6.92 Å². The lowest BCUT2D eigenvalue weighted by Gasteiger charge is -2.39. The van der Waals surface area contributed by atoms with Gasteiger partial charge in [-0.1, -0.05) is 0 Å². The van der Waals surface area contributed by atoms with E-state index in [1.54, 1.807) is 0 Å². The molecule has 78 valence electrons. The Morgan fingerprint density at radius 1 is 1.29 bits per heavy atom. The van der Waals surface area contributed by atoms with Crippen LogP contribution in [0.4, 0.5) is 0 Å². The Kier molecular flexibility index (Phi) is 1.90. The number of piperidine rings is 1. The Labute approximate surface area is 81.9 Å². The Morgan fingerprint density at radius 3 is 2.29 bits per heavy atom. The predicted molar refractivity (Wildman–Crippen MR) is 48.3 cm³/mol. The lowest BCUT2D eigenvalue weighted by molar-refractivity contribution is -0.143. The summed E-state index contributed by atoms with van der Waals surface area (Å²) in [5.74, 6) is -1.12. The number of nitrogens with one attached hydrogen (secondary N) is 2. The van der Waals surface area contributed by atoms with E-state index in [-0.39, 0.29) is 0 Å². The van der Waals surface area contributed by atoms with Crippen LogP contribution in [0.5, 0.6) is 0 Å². The second kappa shape index (κ2) is 2.77. The van der Waals surface area contributed by atoms with Crippen molar-refractivity contribution < 1.29 is 14.7 Å². The molecule has 5 nitrogen and oxygen atoms in total. The van der Waals surface area contributed by atoms with Gasteiger partial charge in [-0.05, 0) is 32.9 Å². The minimum absolute atomic E-state index is 0.469. The zero-order valence-electron chi connectivity index (χ0n) is 8.09. The number of carbonyl (C=O) groups excluding carboxylic acids is 2. The summed E-state index contributed by atoms with van der Waals surface area (Å²) >= 11 is 0. The molecule has 1 atom stereocenters. The Hall–Kier alpha value is -0.940. The van der Waals surface area contributed by atoms with E-state index in [2.05, 4.69) is 10.6 Å². The van der Waals surface area contributed by atoms with Crippen LogP contribution < -0.4 is 10.6 Å². The summed E-state index contributed by atoms with van der Waals surface area (Å²) in [7, 11) is 0. The van der Waals surface area contributed by atoms with Gasteiger partial charge in [0.25, 0.3) is 5.91 Å². The predicted octanol–water partition coefficient (Wildman–Crippen LogP) is -1.24. The zero-order chi connectivity index (χ0) is 10.4. The van der Waals surface area contributed by atoms with Crippen LogP contribution in [0, 0.1) is 5.41 Å². The van der Waals surface area contributed by atoms with Gasteiger partial charge in [0.05, 0.1) is 5.41 Å². The third kappa shape index (κ3) is 1.02. The van der Waals surface area contributed by atoms with Gasteiger partial charge in [-0.15, -0.1) is 0 Å². The molecule has 2 aliphatic heterocycles. The summed E-state index contributed by atoms with van der Waals surface area (Å²) in [6.45, 7) is 2.83. The van der Waals surface area contributed by atoms with Crippen molar-refractivity contribution in [2.45, 2.75) is 25.5 Å². The summed E-state index contributed by atoms with van der Waals surface area (Å²) in [5, 5.41) is 15.5. The van der Waals surface area contributed by atoms with Gasteiger partial charge in [-0.3, -0.25) is 9.59 Å². The maximum atomic E-state index is 11.7. The SMILES string of the molecule is CC1(O)NC(=O)C(=O)C12CCNCC2. The summed E-state index contributed by atoms with van der Waals surface area (Å²) in [4.78, 5) is 22.9. The smallest absolute Gasteiger partial charge is 0.290 e. The maximum Gasteiger partial charge on any atom is 0.290 e. The van der Waals surface area contributed by atoms with E-state index >= 15 is 0 Å². The van der Waals surface area contributed by atoms with Crippen LogP contribution in [-0.2, 0) is 9.59 Å². The van der Waals surface area contributed by atoms with Crippen molar-refractivity contribution in [2.75, 3.05) is 13.1 Å². The standard InChI is InChI=1S/C9H14N2O3/c1-8(14)9(2-4-10-5-3-9)6(12)7(13)11-8/h10,14H,2-5H2,1H3,(H,11,13). The van der Waals surface area contributed by atoms with E-state index in [9.17, 15) is 14.7 Å². The first-order valence-corrected chi connectivity index (χ1v) is 4.80. The third-order valence-corrected chi connectivity index (χ3v) is 3.39. The van der Waals surface area contributed by atoms with Gasteiger partial charge in [-0.25, -0.2) is 0 Å². The highest BCUT2D eigenvalue weighted by atomic mass is 16.3. The molecule has 2 saturated heterocycles. The Balaban J connectivity index is 2.39. The average Bonchev–Trinajstić information content (AvgIpc) is 2.30. The number of hydrogen-bond donors (Lipinski definition) is 3. The number of amides is 1. The third-order valence-electron chi connectivity index (χ3n) is 3.39. The molecule has 0 bridgehead atoms. The van der Waals surface area contributed by atoms with Gasteiger partial charge in [0, 0.05) is 0 Å². The van der Waals surface area contributed by atoms with Gasteiger partial charge in [-0.2, -0.15) is 0 Å². The van der Waals surface area contributed by atoms with Crippen molar-refractivity contribution in [1.82, 2.24) is 10.6 Å². The molecule has 5 heteroatoms. The fraction of sp³-hybridized carbons (Fsp3) is 0.778. The minimum atomic E-state index is -1.39. The maximum absolute atomic E-state index is 11.7. The number of carbonyl (C=O) groups is 2. The molecule has 0 radical (unpaired) electrons. The lowest BCUT2D eigenvalue weighted by atomic mass is 9.70. The molecule has 1 spiro atoms. The fourth-order valence-corrected chi connectivity index (χ4v) is 2.40. The highest BCUT2D eigenvalue weighted by Gasteiger charge is 2.61. The van der Waals surface area contributed by atoms with Gasteiger partial charge in [0.15, 0.2) is 0 Å². The fourth-order valence-electron chi connectivity index (χ4n) is 2.40. The molecule has 3 N–H and O–H groups in total. The molecule has 2 rings (SSSR count). The number of hydrogen-bond acceptors (Lipinski definition) is 4. The molecule has 1 amide bonds. The van der Waals surface area contributed by atoms with E-state index in [0.29, 0.717) is 25.9 Å². The van der Waals surface area contributed by atoms with Crippen molar-refractivity contribution >= 4 is 11.7 Å². The first kappa shape index (κ1) is 9.61. The highest BCUT2D eigenvalue weighted by Crippen LogP contribution is 2.43. The van der Waals surface area contributed by atoms with Crippen LogP contribution in [0.15, 0.2) is 0 Å². The van der Waals surface area contributed by atoms with Crippen LogP contribution in [-0.4, -0.2) is 35.6 Å². The Bertz CT molecular complexity index is 292. The molecule has 0 aliphatic carbocycles. The molecule has 0 aromatic rings. The largest absolute Gasteiger partial charge is 0.370 e. The molecular weight excluding hydrogens is 184 g/mol. The molecule has 2 heterocycles. The van der Waals surface area contributed by atoms with Gasteiger partial charge >= 0.3 is 0 Å². The van der Waals surface area contributed by atoms with E-state index in [1.807, 2.05) is 0 Å². The molecule has 0 saturated carbocycles.